The predicted octanol–water partition coefficient (Wildman–Crippen LogP) is 11.1. The van der Waals surface area contributed by atoms with Gasteiger partial charge < -0.3 is 39.4 Å². The summed E-state index contributed by atoms with van der Waals surface area (Å²) in [4.78, 5) is 53.8. The van der Waals surface area contributed by atoms with Crippen molar-refractivity contribution < 1.29 is 78.5 Å². The molecule has 4 heterocycles. The topological polar surface area (TPSA) is 190 Å². The van der Waals surface area contributed by atoms with Crippen LogP contribution in [-0.4, -0.2) is 105 Å². The van der Waals surface area contributed by atoms with E-state index in [-0.39, 0.29) is 76.8 Å². The molecule has 20 atom stereocenters. The van der Waals surface area contributed by atoms with Crippen LogP contribution in [0.3, 0.4) is 0 Å². The van der Waals surface area contributed by atoms with Crippen molar-refractivity contribution in [2.24, 2.45) is 87.0 Å². The summed E-state index contributed by atoms with van der Waals surface area (Å²) in [6.45, 7) is 22.8. The number of carbonyl (C=O) groups excluding carboxylic acids is 4. The van der Waals surface area contributed by atoms with E-state index in [2.05, 4.69) is 77.2 Å². The standard InChI is InChI=1S/C36H50N2O4.C36H49NO3.C2H4O2.ClH2NO.Na/c1-22-16-32-33(38(20-22)34(39)41-21-25-8-6-5-7-9-25)24(3)36(42-32)15-13-28-29-11-10-26-17-27(37-40)12-14-35(26,4)31(29)18-30(28)23(2)19-36;1-22-16-33-34(37(20-22)21-32(39)25-8-6-5-7-9-25)24(3)36(40-33)15-13-28-29-11-10-26-17-27(38)12-14-35(26,4)31(29)18-30(28)23(2)19-36;1-2(3)4;1-2-3;/h5-9,22,24,26,28-29,31-33,40H,10-21H2,1-4H3;5-9,22,24,26,28-29,31,33-34H,10-21H2,1-4H3;1H3,(H,3,4);2-3H;/q;;;;+1/p-1/t22-,24+,26+,28-,29-,31-,32+,33-,35-,36-;22-,24+,26+,28-,29-,31-,33+,34-,35-,36-;;;/m00.../s1. The molecule has 16 heteroatoms. The van der Waals surface area contributed by atoms with Crippen LogP contribution in [0, 0.1) is 81.8 Å². The van der Waals surface area contributed by atoms with Crippen molar-refractivity contribution in [2.75, 3.05) is 19.6 Å². The number of fused-ring (bicyclic) bond motifs is 12. The third-order valence-corrected chi connectivity index (χ3v) is 26.3. The van der Waals surface area contributed by atoms with E-state index in [1.54, 1.807) is 22.3 Å². The van der Waals surface area contributed by atoms with Gasteiger partial charge in [-0.25, -0.2) is 4.79 Å². The fourth-order valence-electron chi connectivity index (χ4n) is 22.0. The number of piperidine rings is 2. The molecule has 0 unspecified atom stereocenters. The van der Waals surface area contributed by atoms with E-state index in [1.807, 2.05) is 65.6 Å². The summed E-state index contributed by atoms with van der Waals surface area (Å²) in [5.41, 5.74) is 9.93. The summed E-state index contributed by atoms with van der Waals surface area (Å²) in [6.07, 6.45) is 22.4. The first-order valence-corrected chi connectivity index (χ1v) is 34.8. The van der Waals surface area contributed by atoms with Gasteiger partial charge in [0.1, 0.15) is 12.4 Å². The number of halogens is 1. The van der Waals surface area contributed by atoms with Gasteiger partial charge in [-0.15, -0.1) is 5.00 Å². The molecular weight excluding hydrogens is 1160 g/mol. The van der Waals surface area contributed by atoms with Gasteiger partial charge in [-0.1, -0.05) is 130 Å². The molecule has 1 amide bonds. The summed E-state index contributed by atoms with van der Waals surface area (Å²) in [6, 6.07) is 20.2. The van der Waals surface area contributed by atoms with Crippen LogP contribution in [-0.2, 0) is 30.4 Å². The number of carbonyl (C=O) groups is 4. The number of hydrogen-bond donors (Lipinski definition) is 3. The summed E-state index contributed by atoms with van der Waals surface area (Å²) >= 11 is 4.30. The van der Waals surface area contributed by atoms with Crippen molar-refractivity contribution in [2.45, 2.75) is 233 Å². The Morgan fingerprint density at radius 2 is 1.20 bits per heavy atom. The number of aliphatic carboxylic acids is 1. The third-order valence-electron chi connectivity index (χ3n) is 26.3. The van der Waals surface area contributed by atoms with Gasteiger partial charge in [0.05, 0.1) is 41.7 Å². The number of nitrogens with one attached hydrogen (secondary N) is 1. The second-order valence-electron chi connectivity index (χ2n) is 31.0. The molecule has 12 aliphatic rings. The summed E-state index contributed by atoms with van der Waals surface area (Å²) in [5, 5.41) is 29.1. The minimum absolute atomic E-state index is 0. The molecule has 6 saturated carbocycles. The molecule has 3 N–H and O–H groups in total. The minimum Gasteiger partial charge on any atom is -0.550 e. The number of amides is 1. The van der Waals surface area contributed by atoms with Crippen molar-refractivity contribution in [3.63, 3.8) is 0 Å². The Morgan fingerprint density at radius 3 is 1.74 bits per heavy atom. The van der Waals surface area contributed by atoms with Gasteiger partial charge in [-0.05, 0) is 212 Å². The predicted molar refractivity (Wildman–Crippen MR) is 343 cm³/mol. The number of hydrogen-bond acceptors (Lipinski definition) is 13. The summed E-state index contributed by atoms with van der Waals surface area (Å²) < 4.78 is 20.3. The molecule has 488 valence electrons. The average Bonchev–Trinajstić information content (AvgIpc) is 1.57. The second kappa shape index (κ2) is 28.5. The number of carboxylic acid groups (broad SMARTS) is 1. The molecule has 0 bridgehead atoms. The molecule has 0 radical (unpaired) electrons. The first-order chi connectivity index (χ1) is 42.5. The summed E-state index contributed by atoms with van der Waals surface area (Å²) in [5.74, 6) is 6.97. The molecule has 2 aromatic rings. The Morgan fingerprint density at radius 1 is 0.711 bits per heavy atom. The number of oxime groups is 1. The van der Waals surface area contributed by atoms with E-state index >= 15 is 0 Å². The van der Waals surface area contributed by atoms with Crippen molar-refractivity contribution in [3.8, 4) is 0 Å². The number of Topliss-reactive ketones (excluding diaryl/α,β-unsaturated/α-hetero) is 2. The number of benzene rings is 2. The number of rotatable bonds is 5. The minimum atomic E-state index is -1.08. The quantitative estimate of drug-likeness (QED) is 0.0642. The maximum absolute atomic E-state index is 13.5. The Labute approximate surface area is 564 Å². The van der Waals surface area contributed by atoms with E-state index < -0.39 is 5.97 Å². The van der Waals surface area contributed by atoms with Gasteiger partial charge in [-0.3, -0.25) is 14.5 Å². The zero-order valence-electron chi connectivity index (χ0n) is 55.9. The van der Waals surface area contributed by atoms with Crippen LogP contribution in [0.1, 0.15) is 207 Å². The average molecular weight is 1270 g/mol. The van der Waals surface area contributed by atoms with E-state index in [1.165, 1.54) is 62.8 Å². The Kier molecular flexibility index (Phi) is 22.0. The van der Waals surface area contributed by atoms with Crippen LogP contribution in [0.2, 0.25) is 0 Å². The van der Waals surface area contributed by atoms with Crippen molar-refractivity contribution in [1.29, 1.82) is 0 Å². The molecule has 4 aliphatic heterocycles. The van der Waals surface area contributed by atoms with Crippen LogP contribution in [0.25, 0.3) is 0 Å². The zero-order chi connectivity index (χ0) is 63.3. The first kappa shape index (κ1) is 69.4. The van der Waals surface area contributed by atoms with Gasteiger partial charge in [0.15, 0.2) is 5.78 Å². The molecule has 14 rings (SSSR count). The van der Waals surface area contributed by atoms with Gasteiger partial charge in [0, 0.05) is 67.1 Å². The largest absolute Gasteiger partial charge is 1.00 e. The number of ketones is 2. The number of nitrogens with zero attached hydrogens (tertiary/aromatic N) is 3. The van der Waals surface area contributed by atoms with Gasteiger partial charge in [-0.2, -0.15) is 0 Å². The number of likely N-dealkylation sites (tertiary alicyclic amines) is 2. The van der Waals surface area contributed by atoms with Crippen molar-refractivity contribution in [1.82, 2.24) is 14.8 Å². The second-order valence-corrected chi connectivity index (χ2v) is 31.2. The number of allylic oxidation sites excluding steroid dienone is 2. The van der Waals surface area contributed by atoms with Crippen molar-refractivity contribution >= 4 is 41.1 Å². The van der Waals surface area contributed by atoms with Crippen molar-refractivity contribution in [3.05, 3.63) is 94.1 Å². The van der Waals surface area contributed by atoms with E-state index in [9.17, 15) is 19.6 Å². The smallest absolute Gasteiger partial charge is 0.550 e. The fraction of sp³-hybridized carbons (Fsp3) is 0.716. The molecule has 14 nitrogen and oxygen atoms in total. The van der Waals surface area contributed by atoms with Crippen LogP contribution in [0.5, 0.6) is 0 Å². The monoisotopic (exact) mass is 1270 g/mol. The van der Waals surface area contributed by atoms with Gasteiger partial charge >= 0.3 is 35.7 Å². The molecule has 90 heavy (non-hydrogen) atoms. The maximum atomic E-state index is 13.5. The fourth-order valence-corrected chi connectivity index (χ4v) is 22.0. The van der Waals surface area contributed by atoms with Gasteiger partial charge in [0.25, 0.3) is 0 Å². The van der Waals surface area contributed by atoms with E-state index in [0.717, 1.165) is 131 Å². The number of carboxylic acids is 1. The molecule has 10 fully saturated rings. The van der Waals surface area contributed by atoms with Crippen LogP contribution >= 0.6 is 11.8 Å². The summed E-state index contributed by atoms with van der Waals surface area (Å²) in [7, 11) is 0. The first-order valence-electron chi connectivity index (χ1n) is 34.5. The Balaban J connectivity index is 0.000000178. The zero-order valence-corrected chi connectivity index (χ0v) is 58.6. The SMILES string of the molecule is CC(=O)[O-].CC1=C2C[C@H]3[C@@H](CC[C@@H]4CC(=NO)CC[C@@]43C)[C@@H]2CC[C@@]2(C1)O[C@@H]1C[C@H](C)CN(C(=O)OCc3ccccc3)[C@H]1[C@H]2C.CC1=C2C[C@H]3[C@@H](CC[C@@H]4CC(=O)CC[C@@]43C)[C@@H]2CC[C@@]2(C1)O[C@@H]1C[C@H](C)CN(CC(=O)c3ccccc3)[C@H]1[C@H]2C.ONCl.[Na+]. The number of ether oxygens (including phenoxy) is 3. The van der Waals surface area contributed by atoms with E-state index in [4.69, 9.17) is 29.3 Å². The molecule has 4 saturated heterocycles. The van der Waals surface area contributed by atoms with E-state index in [0.29, 0.717) is 77.2 Å². The normalized spacial score (nSPS) is 41.0. The molecule has 0 aromatic heterocycles. The van der Waals surface area contributed by atoms with Crippen LogP contribution < -0.4 is 39.7 Å². The Bertz CT molecular complexity index is 3000. The molecule has 2 spiro atoms. The van der Waals surface area contributed by atoms with Gasteiger partial charge in [0.2, 0.25) is 0 Å². The molecular formula is C74H104ClN4NaO10. The third kappa shape index (κ3) is 13.4. The van der Waals surface area contributed by atoms with Crippen LogP contribution in [0.15, 0.2) is 88.1 Å². The van der Waals surface area contributed by atoms with Crippen LogP contribution in [0.4, 0.5) is 4.79 Å². The maximum Gasteiger partial charge on any atom is 1.00 e. The molecule has 8 aliphatic carbocycles. The Hall–Kier alpha value is -3.44. The molecule has 2 aromatic carbocycles.